The van der Waals surface area contributed by atoms with E-state index in [9.17, 15) is 0 Å². The fraction of sp³-hybridized carbons (Fsp3) is 0. The summed E-state index contributed by atoms with van der Waals surface area (Å²) in [6, 6.07) is 84.1. The second-order valence-electron chi connectivity index (χ2n) is 16.5. The van der Waals surface area contributed by atoms with Crippen molar-refractivity contribution in [3.63, 3.8) is 0 Å². The molecule has 0 amide bonds. The third-order valence-corrected chi connectivity index (χ3v) is 23.4. The first kappa shape index (κ1) is 35.9. The summed E-state index contributed by atoms with van der Waals surface area (Å²) in [4.78, 5) is 11.3. The van der Waals surface area contributed by atoms with E-state index < -0.39 is 13.3 Å². The van der Waals surface area contributed by atoms with E-state index in [1.165, 1.54) is 66.8 Å². The molecule has 0 fully saturated rings. The van der Waals surface area contributed by atoms with Crippen LogP contribution in [0.2, 0.25) is 0 Å². The van der Waals surface area contributed by atoms with Crippen LogP contribution in [0.1, 0.15) is 0 Å². The van der Waals surface area contributed by atoms with Gasteiger partial charge in [-0.25, -0.2) is 0 Å². The van der Waals surface area contributed by atoms with E-state index in [-0.39, 0.29) is 0 Å². The fourth-order valence-corrected chi connectivity index (χ4v) is 21.6. The minimum atomic E-state index is -3.78. The summed E-state index contributed by atoms with van der Waals surface area (Å²) in [7, 11) is 0. The Morgan fingerprint density at radius 3 is 1.65 bits per heavy atom. The summed E-state index contributed by atoms with van der Waals surface area (Å²) < 4.78 is 10.3. The SMILES string of the molecule is c1ccc(-c2nc(-c3cccc(-n4c5ccccc5c5ccc6c(c7ccccc7n6-c6ccccc6)c54)c3)[c]3c(n2)-c2cccc[c]2[Ge]3([c]2ccccc2)[c]2ccccc2)cc1. The van der Waals surface area contributed by atoms with Crippen molar-refractivity contribution in [3.05, 3.63) is 231 Å². The van der Waals surface area contributed by atoms with Gasteiger partial charge in [-0.3, -0.25) is 0 Å². The molecule has 5 heteroatoms. The Morgan fingerprint density at radius 2 is 0.921 bits per heavy atom. The first-order chi connectivity index (χ1) is 31.3. The summed E-state index contributed by atoms with van der Waals surface area (Å²) in [5.74, 6) is 0.733. The molecule has 12 aromatic rings. The van der Waals surface area contributed by atoms with Crippen LogP contribution >= 0.6 is 0 Å². The van der Waals surface area contributed by atoms with Crippen LogP contribution in [0.15, 0.2) is 231 Å². The second-order valence-corrected chi connectivity index (χ2v) is 24.2. The summed E-state index contributed by atoms with van der Waals surface area (Å²) in [5.41, 5.74) is 12.3. The Hall–Kier alpha value is -7.80. The molecule has 1 aliphatic heterocycles. The van der Waals surface area contributed by atoms with Crippen molar-refractivity contribution < 1.29 is 0 Å². The zero-order chi connectivity index (χ0) is 41.5. The van der Waals surface area contributed by atoms with E-state index in [0.717, 1.165) is 39.7 Å². The van der Waals surface area contributed by atoms with Crippen LogP contribution < -0.4 is 17.6 Å². The van der Waals surface area contributed by atoms with Crippen molar-refractivity contribution >= 4 is 74.5 Å². The predicted octanol–water partition coefficient (Wildman–Crippen LogP) is 11.4. The molecule has 0 aliphatic carbocycles. The molecule has 0 radical (unpaired) electrons. The zero-order valence-corrected chi connectivity index (χ0v) is 36.3. The van der Waals surface area contributed by atoms with E-state index in [4.69, 9.17) is 9.97 Å². The molecule has 9 aromatic carbocycles. The summed E-state index contributed by atoms with van der Waals surface area (Å²) in [6.45, 7) is 0. The van der Waals surface area contributed by atoms with Crippen LogP contribution in [0.3, 0.4) is 0 Å². The molecular weight excluding hydrogens is 825 g/mol. The average molecular weight is 864 g/mol. The Morgan fingerprint density at radius 1 is 0.365 bits per heavy atom. The molecule has 0 N–H and O–H groups in total. The molecule has 4 nitrogen and oxygen atoms in total. The van der Waals surface area contributed by atoms with Crippen molar-refractivity contribution in [1.29, 1.82) is 0 Å². The van der Waals surface area contributed by atoms with Crippen molar-refractivity contribution in [3.8, 4) is 45.3 Å². The van der Waals surface area contributed by atoms with Gasteiger partial charge in [0.25, 0.3) is 0 Å². The van der Waals surface area contributed by atoms with Gasteiger partial charge in [0.05, 0.1) is 0 Å². The standard InChI is InChI=1S/C58H38GeN4/c1-5-20-39(21-6-1)58-60-55(54-56(61-58)47-31-13-16-33-49(47)59(54,41-23-7-2-8-24-41)42-25-9-3-10-26-42)40-22-19-29-44(38-40)63-50-34-17-14-30-45(50)46-36-37-52-53(57(46)63)48-32-15-18-35-51(48)62(52)43-27-11-4-12-28-43/h1-38H. The topological polar surface area (TPSA) is 35.6 Å². The number of hydrogen-bond acceptors (Lipinski definition) is 2. The van der Waals surface area contributed by atoms with Gasteiger partial charge in [0.2, 0.25) is 0 Å². The minimum absolute atomic E-state index is 0.733. The van der Waals surface area contributed by atoms with Crippen LogP contribution in [0.25, 0.3) is 88.9 Å². The first-order valence-electron chi connectivity index (χ1n) is 21.6. The average Bonchev–Trinajstić information content (AvgIpc) is 3.99. The van der Waals surface area contributed by atoms with Gasteiger partial charge >= 0.3 is 351 Å². The quantitative estimate of drug-likeness (QED) is 0.156. The van der Waals surface area contributed by atoms with Crippen LogP contribution in [0.4, 0.5) is 0 Å². The monoisotopic (exact) mass is 864 g/mol. The van der Waals surface area contributed by atoms with E-state index in [0.29, 0.717) is 0 Å². The molecule has 63 heavy (non-hydrogen) atoms. The van der Waals surface area contributed by atoms with Crippen LogP contribution in [-0.2, 0) is 0 Å². The van der Waals surface area contributed by atoms with Gasteiger partial charge in [0.1, 0.15) is 0 Å². The Kier molecular flexibility index (Phi) is 8.05. The molecule has 3 aromatic heterocycles. The number of fused-ring (bicyclic) bond motifs is 10. The maximum absolute atomic E-state index is 5.71. The molecule has 294 valence electrons. The Balaban J connectivity index is 1.15. The summed E-state index contributed by atoms with van der Waals surface area (Å²) in [5, 5.41) is 4.92. The summed E-state index contributed by atoms with van der Waals surface area (Å²) >= 11 is -3.78. The van der Waals surface area contributed by atoms with Gasteiger partial charge in [0, 0.05) is 0 Å². The number of hydrogen-bond donors (Lipinski definition) is 0. The van der Waals surface area contributed by atoms with E-state index in [1.807, 2.05) is 0 Å². The molecule has 0 bridgehead atoms. The van der Waals surface area contributed by atoms with E-state index in [2.05, 4.69) is 240 Å². The molecule has 0 atom stereocenters. The summed E-state index contributed by atoms with van der Waals surface area (Å²) in [6.07, 6.45) is 0. The van der Waals surface area contributed by atoms with Gasteiger partial charge < -0.3 is 0 Å². The molecule has 0 unspecified atom stereocenters. The molecule has 0 spiro atoms. The van der Waals surface area contributed by atoms with Crippen molar-refractivity contribution in [1.82, 2.24) is 19.1 Å². The van der Waals surface area contributed by atoms with Crippen molar-refractivity contribution in [2.24, 2.45) is 0 Å². The number of nitrogens with zero attached hydrogens (tertiary/aromatic N) is 4. The first-order valence-corrected chi connectivity index (χ1v) is 25.8. The van der Waals surface area contributed by atoms with Gasteiger partial charge in [-0.05, 0) is 0 Å². The molecular formula is C58H38GeN4. The number of benzene rings is 9. The van der Waals surface area contributed by atoms with Crippen molar-refractivity contribution in [2.75, 3.05) is 0 Å². The van der Waals surface area contributed by atoms with Crippen LogP contribution in [0.5, 0.6) is 0 Å². The normalized spacial score (nSPS) is 12.9. The van der Waals surface area contributed by atoms with Gasteiger partial charge in [0.15, 0.2) is 0 Å². The Bertz CT molecular complexity index is 3690. The third-order valence-electron chi connectivity index (χ3n) is 13.2. The van der Waals surface area contributed by atoms with Gasteiger partial charge in [-0.1, -0.05) is 18.2 Å². The Labute approximate surface area is 367 Å². The molecule has 1 aliphatic rings. The second kappa shape index (κ2) is 14.1. The van der Waals surface area contributed by atoms with Gasteiger partial charge in [-0.15, -0.1) is 0 Å². The van der Waals surface area contributed by atoms with Crippen LogP contribution in [-0.4, -0.2) is 32.4 Å². The van der Waals surface area contributed by atoms with E-state index >= 15 is 0 Å². The molecule has 4 heterocycles. The molecule has 0 saturated heterocycles. The number of rotatable bonds is 6. The van der Waals surface area contributed by atoms with Crippen LogP contribution in [0, 0.1) is 0 Å². The number of aromatic nitrogens is 4. The van der Waals surface area contributed by atoms with E-state index in [1.54, 1.807) is 0 Å². The van der Waals surface area contributed by atoms with Crippen molar-refractivity contribution in [2.45, 2.75) is 0 Å². The van der Waals surface area contributed by atoms with Gasteiger partial charge in [-0.2, -0.15) is 0 Å². The number of para-hydroxylation sites is 3. The maximum atomic E-state index is 5.71. The predicted molar refractivity (Wildman–Crippen MR) is 264 cm³/mol. The zero-order valence-electron chi connectivity index (χ0n) is 34.2. The third kappa shape index (κ3) is 5.22. The molecule has 13 rings (SSSR count). The fourth-order valence-electron chi connectivity index (χ4n) is 10.7. The molecule has 0 saturated carbocycles.